The molecule has 2 aromatic carbocycles. The third-order valence-electron chi connectivity index (χ3n) is 3.55. The monoisotopic (exact) mass is 403 g/mol. The van der Waals surface area contributed by atoms with Gasteiger partial charge >= 0.3 is 0 Å². The Bertz CT molecular complexity index is 824. The van der Waals surface area contributed by atoms with E-state index in [1.54, 1.807) is 24.3 Å². The molecule has 6 nitrogen and oxygen atoms in total. The second-order valence-electron chi connectivity index (χ2n) is 6.32. The van der Waals surface area contributed by atoms with Crippen molar-refractivity contribution in [2.45, 2.75) is 13.8 Å². The number of carbonyl (C=O) groups excluding carboxylic acids is 3. The van der Waals surface area contributed by atoms with Gasteiger partial charge in [0.25, 0.3) is 0 Å². The van der Waals surface area contributed by atoms with Crippen molar-refractivity contribution in [3.63, 3.8) is 0 Å². The topological polar surface area (TPSA) is 87.3 Å². The van der Waals surface area contributed by atoms with Crippen LogP contribution in [0.2, 0.25) is 0 Å². The Morgan fingerprint density at radius 3 is 1.61 bits per heavy atom. The maximum Gasteiger partial charge on any atom is 0.234 e. The highest BCUT2D eigenvalue weighted by Gasteiger charge is 2.09. The summed E-state index contributed by atoms with van der Waals surface area (Å²) in [6, 6.07) is 12.3. The van der Waals surface area contributed by atoms with E-state index >= 15 is 0 Å². The summed E-state index contributed by atoms with van der Waals surface area (Å²) in [5, 5.41) is 8.13. The van der Waals surface area contributed by atoms with Gasteiger partial charge < -0.3 is 16.0 Å². The predicted octanol–water partition coefficient (Wildman–Crippen LogP) is 3.73. The highest BCUT2D eigenvalue weighted by molar-refractivity contribution is 8.00. The normalized spacial score (nSPS) is 10.4. The molecule has 0 saturated heterocycles. The van der Waals surface area contributed by atoms with Crippen LogP contribution >= 0.6 is 11.8 Å². The van der Waals surface area contributed by atoms with E-state index in [1.807, 2.05) is 13.8 Å². The van der Waals surface area contributed by atoms with Crippen molar-refractivity contribution < 1.29 is 18.8 Å². The molecule has 0 saturated carbocycles. The van der Waals surface area contributed by atoms with Crippen molar-refractivity contribution in [1.82, 2.24) is 0 Å². The van der Waals surface area contributed by atoms with Crippen molar-refractivity contribution in [2.24, 2.45) is 5.92 Å². The van der Waals surface area contributed by atoms with E-state index in [1.165, 1.54) is 36.0 Å². The lowest BCUT2D eigenvalue weighted by molar-refractivity contribution is -0.119. The van der Waals surface area contributed by atoms with E-state index in [4.69, 9.17) is 0 Å². The lowest BCUT2D eigenvalue weighted by atomic mass is 10.2. The van der Waals surface area contributed by atoms with Crippen LogP contribution in [0.1, 0.15) is 13.8 Å². The van der Waals surface area contributed by atoms with Gasteiger partial charge in [-0.3, -0.25) is 14.4 Å². The van der Waals surface area contributed by atoms with E-state index in [0.717, 1.165) is 0 Å². The van der Waals surface area contributed by atoms with Crippen LogP contribution < -0.4 is 16.0 Å². The molecular weight excluding hydrogens is 381 g/mol. The highest BCUT2D eigenvalue weighted by atomic mass is 32.2. The van der Waals surface area contributed by atoms with E-state index in [2.05, 4.69) is 16.0 Å². The van der Waals surface area contributed by atoms with Crippen LogP contribution in [-0.4, -0.2) is 29.2 Å². The number of nitrogens with one attached hydrogen (secondary N) is 3. The Morgan fingerprint density at radius 2 is 1.18 bits per heavy atom. The number of amides is 3. The van der Waals surface area contributed by atoms with Crippen molar-refractivity contribution >= 4 is 46.5 Å². The fraction of sp³-hybridized carbons (Fsp3) is 0.250. The van der Waals surface area contributed by atoms with Gasteiger partial charge in [-0.1, -0.05) is 13.8 Å². The lowest BCUT2D eigenvalue weighted by Crippen LogP contribution is -2.19. The summed E-state index contributed by atoms with van der Waals surface area (Å²) < 4.78 is 12.8. The fourth-order valence-electron chi connectivity index (χ4n) is 2.09. The van der Waals surface area contributed by atoms with Gasteiger partial charge in [0.05, 0.1) is 11.5 Å². The number of rotatable bonds is 8. The van der Waals surface area contributed by atoms with Crippen LogP contribution in [0.25, 0.3) is 0 Å². The van der Waals surface area contributed by atoms with Crippen LogP contribution in [0.3, 0.4) is 0 Å². The summed E-state index contributed by atoms with van der Waals surface area (Å²) in [5.74, 6) is -0.857. The Hall–Kier alpha value is -2.87. The lowest BCUT2D eigenvalue weighted by Gasteiger charge is -2.09. The van der Waals surface area contributed by atoms with Gasteiger partial charge in [-0.15, -0.1) is 11.8 Å². The molecule has 0 spiro atoms. The standard InChI is InChI=1S/C20H22FN3O3S/c1-13(2)20(27)24-17-9-7-16(8-10-17)23-19(26)12-28-11-18(25)22-15-5-3-14(21)4-6-15/h3-10,13H,11-12H2,1-2H3,(H,22,25)(H,23,26)(H,24,27). The quantitative estimate of drug-likeness (QED) is 0.627. The zero-order valence-electron chi connectivity index (χ0n) is 15.6. The maximum absolute atomic E-state index is 12.8. The molecule has 0 aliphatic rings. The zero-order chi connectivity index (χ0) is 20.5. The molecular formula is C20H22FN3O3S. The van der Waals surface area contributed by atoms with Crippen molar-refractivity contribution in [3.8, 4) is 0 Å². The van der Waals surface area contributed by atoms with Crippen molar-refractivity contribution in [2.75, 3.05) is 27.5 Å². The van der Waals surface area contributed by atoms with E-state index in [-0.39, 0.29) is 41.0 Å². The third kappa shape index (κ3) is 7.40. The van der Waals surface area contributed by atoms with Crippen LogP contribution in [0.4, 0.5) is 21.5 Å². The molecule has 2 aromatic rings. The summed E-state index contributed by atoms with van der Waals surface area (Å²) in [4.78, 5) is 35.4. The number of benzene rings is 2. The van der Waals surface area contributed by atoms with Gasteiger partial charge in [0, 0.05) is 23.0 Å². The van der Waals surface area contributed by atoms with E-state index in [0.29, 0.717) is 17.1 Å². The Balaban J connectivity index is 1.71. The minimum Gasteiger partial charge on any atom is -0.326 e. The first kappa shape index (κ1) is 21.4. The summed E-state index contributed by atoms with van der Waals surface area (Å²) in [6.07, 6.45) is 0. The number of thioether (sulfide) groups is 1. The number of carbonyl (C=O) groups is 3. The molecule has 2 rings (SSSR count). The van der Waals surface area contributed by atoms with Gasteiger partial charge in [0.1, 0.15) is 5.82 Å². The van der Waals surface area contributed by atoms with Crippen molar-refractivity contribution in [3.05, 3.63) is 54.3 Å². The fourth-order valence-corrected chi connectivity index (χ4v) is 2.70. The molecule has 0 unspecified atom stereocenters. The molecule has 0 aliphatic carbocycles. The minimum atomic E-state index is -0.376. The molecule has 0 aliphatic heterocycles. The van der Waals surface area contributed by atoms with Gasteiger partial charge in [0.15, 0.2) is 0 Å². The summed E-state index contributed by atoms with van der Waals surface area (Å²) >= 11 is 1.17. The van der Waals surface area contributed by atoms with Gasteiger partial charge in [-0.2, -0.15) is 0 Å². The van der Waals surface area contributed by atoms with Crippen LogP contribution in [0.5, 0.6) is 0 Å². The molecule has 0 atom stereocenters. The molecule has 28 heavy (non-hydrogen) atoms. The Labute approximate surface area is 167 Å². The average molecular weight is 403 g/mol. The van der Waals surface area contributed by atoms with Crippen molar-refractivity contribution in [1.29, 1.82) is 0 Å². The van der Waals surface area contributed by atoms with Gasteiger partial charge in [-0.05, 0) is 48.5 Å². The molecule has 3 amide bonds. The smallest absolute Gasteiger partial charge is 0.234 e. The summed E-state index contributed by atoms with van der Waals surface area (Å²) in [6.45, 7) is 3.61. The molecule has 0 fully saturated rings. The molecule has 0 aromatic heterocycles. The SMILES string of the molecule is CC(C)C(=O)Nc1ccc(NC(=O)CSCC(=O)Nc2ccc(F)cc2)cc1. The average Bonchev–Trinajstić information content (AvgIpc) is 2.65. The number of hydrogen-bond acceptors (Lipinski definition) is 4. The largest absolute Gasteiger partial charge is 0.326 e. The van der Waals surface area contributed by atoms with Crippen LogP contribution in [0, 0.1) is 11.7 Å². The molecule has 0 bridgehead atoms. The highest BCUT2D eigenvalue weighted by Crippen LogP contribution is 2.15. The molecule has 3 N–H and O–H groups in total. The second-order valence-corrected chi connectivity index (χ2v) is 7.30. The minimum absolute atomic E-state index is 0.0768. The molecule has 0 radical (unpaired) electrons. The van der Waals surface area contributed by atoms with Gasteiger partial charge in [0.2, 0.25) is 17.7 Å². The van der Waals surface area contributed by atoms with Crippen LogP contribution in [0.15, 0.2) is 48.5 Å². The predicted molar refractivity (Wildman–Crippen MR) is 111 cm³/mol. The first-order valence-corrected chi connectivity index (χ1v) is 9.83. The first-order chi connectivity index (χ1) is 13.3. The zero-order valence-corrected chi connectivity index (χ0v) is 16.4. The molecule has 8 heteroatoms. The van der Waals surface area contributed by atoms with E-state index < -0.39 is 0 Å². The van der Waals surface area contributed by atoms with Gasteiger partial charge in [-0.25, -0.2) is 4.39 Å². The number of hydrogen-bond donors (Lipinski definition) is 3. The maximum atomic E-state index is 12.8. The molecule has 148 valence electrons. The number of anilines is 3. The van der Waals surface area contributed by atoms with Crippen LogP contribution in [-0.2, 0) is 14.4 Å². The summed E-state index contributed by atoms with van der Waals surface area (Å²) in [7, 11) is 0. The molecule has 0 heterocycles. The Kier molecular flexibility index (Phi) is 8.01. The first-order valence-electron chi connectivity index (χ1n) is 8.67. The second kappa shape index (κ2) is 10.5. The Morgan fingerprint density at radius 1 is 0.786 bits per heavy atom. The number of halogens is 1. The van der Waals surface area contributed by atoms with E-state index in [9.17, 15) is 18.8 Å². The summed E-state index contributed by atoms with van der Waals surface area (Å²) in [5.41, 5.74) is 1.76. The third-order valence-corrected chi connectivity index (χ3v) is 4.49.